The van der Waals surface area contributed by atoms with Crippen molar-refractivity contribution < 1.29 is 22.7 Å². The third kappa shape index (κ3) is 4.98. The average molecular weight is 368 g/mol. The number of rotatable bonds is 4. The van der Waals surface area contributed by atoms with Gasteiger partial charge in [-0.15, -0.1) is 0 Å². The van der Waals surface area contributed by atoms with Gasteiger partial charge in [0.15, 0.2) is 0 Å². The predicted molar refractivity (Wildman–Crippen MR) is 89.9 cm³/mol. The second-order valence-corrected chi connectivity index (χ2v) is 6.09. The Hall–Kier alpha value is -2.55. The predicted octanol–water partition coefficient (Wildman–Crippen LogP) is 4.12. The van der Waals surface area contributed by atoms with Crippen LogP contribution in [0.4, 0.5) is 29.3 Å². The van der Waals surface area contributed by atoms with Crippen LogP contribution in [-0.2, 0) is 17.5 Å². The fourth-order valence-corrected chi connectivity index (χ4v) is 2.72. The molecule has 2 heterocycles. The maximum atomic E-state index is 12.5. The van der Waals surface area contributed by atoms with Crippen LogP contribution in [0.3, 0.4) is 0 Å². The zero-order chi connectivity index (χ0) is 18.6. The molecule has 0 aliphatic carbocycles. The Balaban J connectivity index is 1.51. The zero-order valence-electron chi connectivity index (χ0n) is 13.9. The largest absolute Gasteiger partial charge is 0.416 e. The van der Waals surface area contributed by atoms with E-state index in [-0.39, 0.29) is 11.8 Å². The van der Waals surface area contributed by atoms with Crippen LogP contribution >= 0.6 is 0 Å². The van der Waals surface area contributed by atoms with Crippen molar-refractivity contribution in [1.82, 2.24) is 9.78 Å². The van der Waals surface area contributed by atoms with Gasteiger partial charge in [-0.05, 0) is 43.5 Å². The summed E-state index contributed by atoms with van der Waals surface area (Å²) in [7, 11) is 0. The number of nitrogens with one attached hydrogen (secondary N) is 2. The number of amides is 2. The molecule has 2 amide bonds. The quantitative estimate of drug-likeness (QED) is 0.853. The van der Waals surface area contributed by atoms with Gasteiger partial charge in [0.2, 0.25) is 0 Å². The molecule has 140 valence electrons. The number of carbonyl (C=O) groups is 1. The molecule has 1 aromatic heterocycles. The lowest BCUT2D eigenvalue weighted by atomic mass is 10.1. The highest BCUT2D eigenvalue weighted by Crippen LogP contribution is 2.29. The van der Waals surface area contributed by atoms with E-state index >= 15 is 0 Å². The van der Waals surface area contributed by atoms with Crippen LogP contribution < -0.4 is 10.6 Å². The van der Waals surface area contributed by atoms with Crippen LogP contribution in [0, 0.1) is 0 Å². The van der Waals surface area contributed by atoms with Crippen molar-refractivity contribution in [2.24, 2.45) is 0 Å². The van der Waals surface area contributed by atoms with Crippen molar-refractivity contribution in [3.05, 3.63) is 42.2 Å². The second-order valence-electron chi connectivity index (χ2n) is 6.09. The van der Waals surface area contributed by atoms with Gasteiger partial charge in [-0.3, -0.25) is 4.68 Å². The number of ether oxygens (including phenoxy) is 1. The Morgan fingerprint density at radius 3 is 2.58 bits per heavy atom. The van der Waals surface area contributed by atoms with E-state index in [0.717, 1.165) is 38.0 Å². The van der Waals surface area contributed by atoms with E-state index < -0.39 is 17.8 Å². The lowest BCUT2D eigenvalue weighted by Crippen LogP contribution is -2.24. The lowest BCUT2D eigenvalue weighted by Gasteiger charge is -2.22. The van der Waals surface area contributed by atoms with Crippen molar-refractivity contribution in [3.63, 3.8) is 0 Å². The molecule has 1 aliphatic rings. The topological polar surface area (TPSA) is 68.2 Å². The second kappa shape index (κ2) is 7.77. The summed E-state index contributed by atoms with van der Waals surface area (Å²) in [6.07, 6.45) is 2.10. The van der Waals surface area contributed by atoms with Crippen LogP contribution in [0.1, 0.15) is 24.8 Å². The summed E-state index contributed by atoms with van der Waals surface area (Å²) >= 11 is 0. The maximum Gasteiger partial charge on any atom is 0.416 e. The molecular weight excluding hydrogens is 349 g/mol. The van der Waals surface area contributed by atoms with Crippen molar-refractivity contribution in [3.8, 4) is 0 Å². The number of hydrogen-bond donors (Lipinski definition) is 2. The van der Waals surface area contributed by atoms with Gasteiger partial charge < -0.3 is 15.4 Å². The van der Waals surface area contributed by atoms with Crippen molar-refractivity contribution in [1.29, 1.82) is 0 Å². The minimum Gasteiger partial charge on any atom is -0.376 e. The molecule has 0 saturated carbocycles. The summed E-state index contributed by atoms with van der Waals surface area (Å²) in [6, 6.07) is 3.67. The van der Waals surface area contributed by atoms with Gasteiger partial charge in [0.05, 0.1) is 30.1 Å². The number of anilines is 2. The van der Waals surface area contributed by atoms with Gasteiger partial charge in [-0.2, -0.15) is 18.3 Å². The summed E-state index contributed by atoms with van der Waals surface area (Å²) in [5.74, 6) is 0. The molecule has 1 aliphatic heterocycles. The molecule has 3 rings (SSSR count). The van der Waals surface area contributed by atoms with E-state index in [0.29, 0.717) is 12.2 Å². The lowest BCUT2D eigenvalue weighted by molar-refractivity contribution is -0.137. The Morgan fingerprint density at radius 1 is 1.19 bits per heavy atom. The van der Waals surface area contributed by atoms with Gasteiger partial charge in [0.1, 0.15) is 0 Å². The highest BCUT2D eigenvalue weighted by atomic mass is 19.4. The number of carbonyl (C=O) groups excluding carboxylic acids is 1. The molecule has 6 nitrogen and oxygen atoms in total. The van der Waals surface area contributed by atoms with Crippen molar-refractivity contribution in [2.75, 3.05) is 17.2 Å². The van der Waals surface area contributed by atoms with E-state index in [1.807, 2.05) is 0 Å². The summed E-state index contributed by atoms with van der Waals surface area (Å²) < 4.78 is 44.9. The summed E-state index contributed by atoms with van der Waals surface area (Å²) in [5.41, 5.74) is -0.0154. The standard InChI is InChI=1S/C17H19F3N4O2/c18-17(19,20)12-4-6-13(7-5-12)22-16(25)23-14-9-21-24(10-14)11-15-3-1-2-8-26-15/h4-7,9-10,15H,1-3,8,11H2,(H2,22,23,25). The first-order valence-electron chi connectivity index (χ1n) is 8.29. The fraction of sp³-hybridized carbons (Fsp3) is 0.412. The van der Waals surface area contributed by atoms with Gasteiger partial charge in [-0.1, -0.05) is 0 Å². The number of halogens is 3. The Labute approximate surface area is 148 Å². The first-order valence-corrected chi connectivity index (χ1v) is 8.29. The number of hydrogen-bond acceptors (Lipinski definition) is 3. The normalized spacial score (nSPS) is 17.7. The van der Waals surface area contributed by atoms with E-state index in [9.17, 15) is 18.0 Å². The SMILES string of the molecule is O=C(Nc1ccc(C(F)(F)F)cc1)Nc1cnn(CC2CCCCO2)c1. The summed E-state index contributed by atoms with van der Waals surface area (Å²) in [4.78, 5) is 12.0. The highest BCUT2D eigenvalue weighted by Gasteiger charge is 2.30. The molecule has 1 fully saturated rings. The molecule has 1 saturated heterocycles. The molecule has 26 heavy (non-hydrogen) atoms. The van der Waals surface area contributed by atoms with Crippen LogP contribution in [0.25, 0.3) is 0 Å². The molecule has 9 heteroatoms. The average Bonchev–Trinajstić information content (AvgIpc) is 3.02. The fourth-order valence-electron chi connectivity index (χ4n) is 2.72. The molecule has 2 N–H and O–H groups in total. The molecule has 0 spiro atoms. The molecule has 1 aromatic carbocycles. The smallest absolute Gasteiger partial charge is 0.376 e. The monoisotopic (exact) mass is 368 g/mol. The number of benzene rings is 1. The number of alkyl halides is 3. The third-order valence-electron chi connectivity index (χ3n) is 4.03. The van der Waals surface area contributed by atoms with Gasteiger partial charge >= 0.3 is 12.2 Å². The number of urea groups is 1. The highest BCUT2D eigenvalue weighted by molar-refractivity contribution is 5.99. The van der Waals surface area contributed by atoms with Gasteiger partial charge in [0, 0.05) is 18.5 Å². The Kier molecular flexibility index (Phi) is 5.46. The minimum absolute atomic E-state index is 0.123. The molecule has 2 aromatic rings. The van der Waals surface area contributed by atoms with Crippen LogP contribution in [0.5, 0.6) is 0 Å². The van der Waals surface area contributed by atoms with E-state index in [2.05, 4.69) is 15.7 Å². The van der Waals surface area contributed by atoms with Crippen LogP contribution in [-0.4, -0.2) is 28.5 Å². The van der Waals surface area contributed by atoms with Crippen LogP contribution in [0.2, 0.25) is 0 Å². The Bertz CT molecular complexity index is 737. The Morgan fingerprint density at radius 2 is 1.92 bits per heavy atom. The zero-order valence-corrected chi connectivity index (χ0v) is 13.9. The first kappa shape index (κ1) is 18.2. The minimum atomic E-state index is -4.41. The number of aromatic nitrogens is 2. The molecular formula is C17H19F3N4O2. The van der Waals surface area contributed by atoms with Crippen molar-refractivity contribution >= 4 is 17.4 Å². The van der Waals surface area contributed by atoms with Gasteiger partial charge in [0.25, 0.3) is 0 Å². The van der Waals surface area contributed by atoms with E-state index in [4.69, 9.17) is 4.74 Å². The van der Waals surface area contributed by atoms with E-state index in [1.165, 1.54) is 18.3 Å². The first-order chi connectivity index (χ1) is 12.4. The van der Waals surface area contributed by atoms with Gasteiger partial charge in [-0.25, -0.2) is 4.79 Å². The molecule has 1 atom stereocenters. The third-order valence-corrected chi connectivity index (χ3v) is 4.03. The maximum absolute atomic E-state index is 12.5. The van der Waals surface area contributed by atoms with Crippen molar-refractivity contribution in [2.45, 2.75) is 38.1 Å². The summed E-state index contributed by atoms with van der Waals surface area (Å²) in [6.45, 7) is 1.37. The molecule has 1 unspecified atom stereocenters. The molecule has 0 radical (unpaired) electrons. The summed E-state index contributed by atoms with van der Waals surface area (Å²) in [5, 5.41) is 9.26. The van der Waals surface area contributed by atoms with Crippen LogP contribution in [0.15, 0.2) is 36.7 Å². The van der Waals surface area contributed by atoms with E-state index in [1.54, 1.807) is 10.9 Å². The number of nitrogens with zero attached hydrogens (tertiary/aromatic N) is 2. The molecule has 0 bridgehead atoms.